The van der Waals surface area contributed by atoms with E-state index in [1.54, 1.807) is 47.6 Å². The number of methoxy groups -OCH3 is 1. The maximum atomic E-state index is 12.9. The number of aliphatic carboxylic acids is 1. The molecule has 1 aromatic heterocycles. The lowest BCUT2D eigenvalue weighted by Crippen LogP contribution is -2.25. The van der Waals surface area contributed by atoms with Gasteiger partial charge >= 0.3 is 17.9 Å². The van der Waals surface area contributed by atoms with Crippen molar-refractivity contribution in [1.82, 2.24) is 10.3 Å². The normalized spacial score (nSPS) is 19.0. The first-order valence-corrected chi connectivity index (χ1v) is 10.3. The number of hydrogen-bond donors (Lipinski definition) is 3. The highest BCUT2D eigenvalue weighted by atomic mass is 16.6. The molecule has 3 N–H and O–H groups in total. The number of nitrogens with one attached hydrogen (secondary N) is 2. The van der Waals surface area contributed by atoms with Gasteiger partial charge < -0.3 is 24.9 Å². The molecule has 2 rings (SSSR count). The summed E-state index contributed by atoms with van der Waals surface area (Å²) >= 11 is 0. The van der Waals surface area contributed by atoms with Gasteiger partial charge in [0.05, 0.1) is 24.4 Å². The fourth-order valence-electron chi connectivity index (χ4n) is 3.63. The maximum Gasteiger partial charge on any atom is 0.355 e. The number of carboxylic acids is 1. The van der Waals surface area contributed by atoms with E-state index < -0.39 is 29.4 Å². The number of ether oxygens (including phenoxy) is 2. The largest absolute Gasteiger partial charge is 0.478 e. The third-order valence-electron chi connectivity index (χ3n) is 5.21. The molecule has 1 aromatic rings. The van der Waals surface area contributed by atoms with Crippen LogP contribution < -0.4 is 5.32 Å². The third-order valence-corrected chi connectivity index (χ3v) is 5.21. The minimum absolute atomic E-state index is 0.00269. The topological polar surface area (TPSA) is 135 Å². The Labute approximate surface area is 186 Å². The number of rotatable bonds is 6. The lowest BCUT2D eigenvalue weighted by molar-refractivity contribution is -0.140. The molecule has 0 radical (unpaired) electrons. The first kappa shape index (κ1) is 24.9. The van der Waals surface area contributed by atoms with Crippen LogP contribution in [0.15, 0.2) is 17.3 Å². The summed E-state index contributed by atoms with van der Waals surface area (Å²) in [4.78, 5) is 52.0. The van der Waals surface area contributed by atoms with Crippen LogP contribution in [0.1, 0.15) is 68.3 Å². The maximum absolute atomic E-state index is 12.9. The second-order valence-corrected chi connectivity index (χ2v) is 8.57. The molecule has 1 aliphatic rings. The zero-order valence-corrected chi connectivity index (χ0v) is 19.5. The second kappa shape index (κ2) is 9.42. The van der Waals surface area contributed by atoms with Gasteiger partial charge in [-0.1, -0.05) is 6.08 Å². The quantitative estimate of drug-likeness (QED) is 0.347. The summed E-state index contributed by atoms with van der Waals surface area (Å²) in [6.07, 6.45) is 1.83. The predicted molar refractivity (Wildman–Crippen MR) is 117 cm³/mol. The van der Waals surface area contributed by atoms with Crippen molar-refractivity contribution in [1.29, 1.82) is 0 Å². The van der Waals surface area contributed by atoms with Crippen LogP contribution >= 0.6 is 0 Å². The number of H-pyrrole nitrogens is 1. The zero-order valence-electron chi connectivity index (χ0n) is 19.5. The van der Waals surface area contributed by atoms with Gasteiger partial charge in [0.15, 0.2) is 0 Å². The fraction of sp³-hybridized carbons (Fsp3) is 0.478. The Morgan fingerprint density at radius 2 is 1.81 bits per heavy atom. The fourth-order valence-corrected chi connectivity index (χ4v) is 3.63. The Balaban J connectivity index is 2.72. The molecule has 1 aliphatic heterocycles. The number of aromatic nitrogens is 1. The number of aromatic amines is 1. The van der Waals surface area contributed by atoms with E-state index in [0.717, 1.165) is 0 Å². The molecule has 1 atom stereocenters. The molecular formula is C23H30N2O7. The minimum atomic E-state index is -1.27. The first-order chi connectivity index (χ1) is 14.8. The molecule has 9 heteroatoms. The molecule has 9 nitrogen and oxygen atoms in total. The standard InChI is InChI=1S/C23H30N2O7/c1-8-13-12(3)20(27)25-18(13)16(21(28)29)17-11(2)14(9-10-15(26)31-7)19(24-17)22(30)32-23(4,5)6/h8,12,24H,9-10H2,1-7H3,(H,25,27)(H,28,29)/b13-8+,18-16-/i16+1. The number of carbonyl (C=O) groups is 4. The molecule has 1 saturated heterocycles. The van der Waals surface area contributed by atoms with Crippen LogP contribution in [0.4, 0.5) is 0 Å². The minimum Gasteiger partial charge on any atom is -0.478 e. The lowest BCUT2D eigenvalue weighted by Gasteiger charge is -2.19. The predicted octanol–water partition coefficient (Wildman–Crippen LogP) is 2.89. The van der Waals surface area contributed by atoms with Crippen molar-refractivity contribution in [2.45, 2.75) is 60.0 Å². The van der Waals surface area contributed by atoms with E-state index in [1.165, 1.54) is 7.11 Å². The van der Waals surface area contributed by atoms with Crippen molar-refractivity contribution >= 4 is 29.4 Å². The van der Waals surface area contributed by atoms with Crippen molar-refractivity contribution in [3.8, 4) is 0 Å². The number of esters is 2. The van der Waals surface area contributed by atoms with E-state index in [2.05, 4.69) is 10.3 Å². The summed E-state index contributed by atoms with van der Waals surface area (Å²) < 4.78 is 10.2. The van der Waals surface area contributed by atoms with E-state index in [4.69, 9.17) is 9.47 Å². The van der Waals surface area contributed by atoms with Crippen LogP contribution in [0.2, 0.25) is 0 Å². The highest BCUT2D eigenvalue weighted by Crippen LogP contribution is 2.35. The number of amides is 1. The van der Waals surface area contributed by atoms with Gasteiger partial charge in [-0.3, -0.25) is 9.59 Å². The van der Waals surface area contributed by atoms with Crippen LogP contribution in [0.3, 0.4) is 0 Å². The van der Waals surface area contributed by atoms with Gasteiger partial charge in [0, 0.05) is 6.42 Å². The van der Waals surface area contributed by atoms with Crippen LogP contribution in [0.5, 0.6) is 0 Å². The first-order valence-electron chi connectivity index (χ1n) is 10.3. The van der Waals surface area contributed by atoms with Gasteiger partial charge in [-0.15, -0.1) is 0 Å². The smallest absolute Gasteiger partial charge is 0.355 e. The summed E-state index contributed by atoms with van der Waals surface area (Å²) in [6.45, 7) is 10.2. The van der Waals surface area contributed by atoms with Gasteiger partial charge in [0.2, 0.25) is 5.91 Å². The zero-order chi connectivity index (χ0) is 24.4. The molecule has 0 aromatic carbocycles. The van der Waals surface area contributed by atoms with Crippen molar-refractivity contribution in [3.63, 3.8) is 0 Å². The second-order valence-electron chi connectivity index (χ2n) is 8.57. The highest BCUT2D eigenvalue weighted by Gasteiger charge is 2.36. The Morgan fingerprint density at radius 3 is 2.31 bits per heavy atom. The molecule has 32 heavy (non-hydrogen) atoms. The number of hydrogen-bond acceptors (Lipinski definition) is 6. The van der Waals surface area contributed by atoms with Gasteiger partial charge in [-0.2, -0.15) is 0 Å². The molecule has 1 unspecified atom stereocenters. The average Bonchev–Trinajstić information content (AvgIpc) is 3.15. The Kier molecular flexibility index (Phi) is 7.33. The van der Waals surface area contributed by atoms with Crippen LogP contribution in [0, 0.1) is 12.8 Å². The summed E-state index contributed by atoms with van der Waals surface area (Å²) in [5.41, 5.74) is 0.951. The van der Waals surface area contributed by atoms with Gasteiger partial charge in [-0.25, -0.2) is 9.59 Å². The lowest BCUT2D eigenvalue weighted by atomic mass is 10.0. The van der Waals surface area contributed by atoms with Crippen molar-refractivity contribution in [3.05, 3.63) is 39.9 Å². The van der Waals surface area contributed by atoms with Crippen LogP contribution in [-0.2, 0) is 30.3 Å². The summed E-state index contributed by atoms with van der Waals surface area (Å²) in [7, 11) is 1.27. The van der Waals surface area contributed by atoms with Crippen molar-refractivity contribution < 1.29 is 33.8 Å². The van der Waals surface area contributed by atoms with Gasteiger partial charge in [0.25, 0.3) is 0 Å². The van der Waals surface area contributed by atoms with Crippen LogP contribution in [0.25, 0.3) is 5.57 Å². The summed E-state index contributed by atoms with van der Waals surface area (Å²) in [6, 6.07) is 0. The van der Waals surface area contributed by atoms with E-state index in [1.807, 2.05) is 0 Å². The van der Waals surface area contributed by atoms with E-state index in [9.17, 15) is 24.3 Å². The van der Waals surface area contributed by atoms with Gasteiger partial charge in [-0.05, 0) is 64.7 Å². The number of carboxylic acid groups (broad SMARTS) is 1. The van der Waals surface area contributed by atoms with E-state index >= 15 is 0 Å². The molecule has 174 valence electrons. The third kappa shape index (κ3) is 5.09. The van der Waals surface area contributed by atoms with E-state index in [-0.39, 0.29) is 41.4 Å². The highest BCUT2D eigenvalue weighted by molar-refractivity contribution is 6.19. The molecule has 1 fully saturated rings. The molecule has 0 saturated carbocycles. The molecule has 1 amide bonds. The Bertz CT molecular complexity index is 1020. The SMILES string of the molecule is C/C=C1/C(=[13C](/C(=O)O)c2[nH]c(C(=O)OC(C)(C)C)c(CCC(=O)OC)c2C)NC(=O)C1C. The molecule has 2 heterocycles. The molecule has 0 bridgehead atoms. The molecule has 0 spiro atoms. The Morgan fingerprint density at radius 1 is 1.19 bits per heavy atom. The van der Waals surface area contributed by atoms with Gasteiger partial charge in [0.1, 0.15) is 16.9 Å². The van der Waals surface area contributed by atoms with Crippen molar-refractivity contribution in [2.75, 3.05) is 7.11 Å². The van der Waals surface area contributed by atoms with E-state index in [0.29, 0.717) is 16.7 Å². The summed E-state index contributed by atoms with van der Waals surface area (Å²) in [5, 5.41) is 12.7. The molecule has 0 aliphatic carbocycles. The number of carbonyl (C=O) groups excluding carboxylic acids is 3. The Hall–Kier alpha value is -3.36. The number of allylic oxidation sites excluding steroid dienone is 2. The van der Waals surface area contributed by atoms with Crippen molar-refractivity contribution in [2.24, 2.45) is 5.92 Å². The summed E-state index contributed by atoms with van der Waals surface area (Å²) in [5.74, 6) is -3.23. The monoisotopic (exact) mass is 447 g/mol. The average molecular weight is 447 g/mol. The molecular weight excluding hydrogens is 417 g/mol. The van der Waals surface area contributed by atoms with Crippen LogP contribution in [-0.4, -0.2) is 46.6 Å².